The summed E-state index contributed by atoms with van der Waals surface area (Å²) < 4.78 is 20.8. The second-order valence-electron chi connectivity index (χ2n) is 6.31. The van der Waals surface area contributed by atoms with Crippen LogP contribution in [0.3, 0.4) is 0 Å². The summed E-state index contributed by atoms with van der Waals surface area (Å²) in [5, 5.41) is 18.3. The van der Waals surface area contributed by atoms with Crippen molar-refractivity contribution in [1.82, 2.24) is 25.1 Å². The van der Waals surface area contributed by atoms with Gasteiger partial charge in [-0.3, -0.25) is 5.10 Å². The molecule has 4 aromatic rings. The number of rotatable bonds is 6. The molecule has 0 saturated carbocycles. The van der Waals surface area contributed by atoms with E-state index in [-0.39, 0.29) is 12.4 Å². The van der Waals surface area contributed by atoms with Crippen LogP contribution < -0.4 is 4.74 Å². The van der Waals surface area contributed by atoms with Crippen LogP contribution in [0.5, 0.6) is 5.75 Å². The number of halogens is 1. The fourth-order valence-corrected chi connectivity index (χ4v) is 2.88. The first-order chi connectivity index (χ1) is 14.1. The molecule has 0 saturated heterocycles. The highest BCUT2D eigenvalue weighted by Gasteiger charge is 2.09. The number of H-pyrrole nitrogens is 2. The van der Waals surface area contributed by atoms with Crippen molar-refractivity contribution in [1.29, 1.82) is 0 Å². The molecule has 2 heterocycles. The van der Waals surface area contributed by atoms with Gasteiger partial charge in [-0.25, -0.2) is 9.49 Å². The van der Waals surface area contributed by atoms with Crippen LogP contribution in [0.15, 0.2) is 59.8 Å². The Morgan fingerprint density at radius 2 is 1.90 bits per heavy atom. The van der Waals surface area contributed by atoms with Gasteiger partial charge in [0.05, 0.1) is 18.1 Å². The topological polar surface area (TPSA) is 83.9 Å². The number of nitrogens with one attached hydrogen (secondary N) is 2. The molecule has 146 valence electrons. The van der Waals surface area contributed by atoms with Gasteiger partial charge >= 0.3 is 0 Å². The van der Waals surface area contributed by atoms with Crippen molar-refractivity contribution >= 4 is 18.4 Å². The van der Waals surface area contributed by atoms with E-state index in [1.807, 2.05) is 31.2 Å². The van der Waals surface area contributed by atoms with Gasteiger partial charge in [-0.2, -0.15) is 20.0 Å². The summed E-state index contributed by atoms with van der Waals surface area (Å²) in [5.74, 6) is 0.957. The molecule has 0 aliphatic heterocycles. The van der Waals surface area contributed by atoms with E-state index >= 15 is 0 Å². The van der Waals surface area contributed by atoms with E-state index in [0.29, 0.717) is 10.6 Å². The monoisotopic (exact) mass is 408 g/mol. The van der Waals surface area contributed by atoms with Crippen LogP contribution in [-0.4, -0.2) is 31.3 Å². The zero-order valence-corrected chi connectivity index (χ0v) is 16.3. The Balaban J connectivity index is 1.55. The third-order valence-corrected chi connectivity index (χ3v) is 4.48. The molecular formula is C20H17FN6OS. The second kappa shape index (κ2) is 8.19. The van der Waals surface area contributed by atoms with E-state index in [2.05, 4.69) is 25.5 Å². The predicted molar refractivity (Wildman–Crippen MR) is 110 cm³/mol. The van der Waals surface area contributed by atoms with Crippen LogP contribution in [0.4, 0.5) is 4.39 Å². The molecule has 0 atom stereocenters. The van der Waals surface area contributed by atoms with E-state index < -0.39 is 0 Å². The first-order valence-electron chi connectivity index (χ1n) is 8.79. The van der Waals surface area contributed by atoms with E-state index in [0.717, 1.165) is 28.1 Å². The Morgan fingerprint density at radius 3 is 2.66 bits per heavy atom. The maximum Gasteiger partial charge on any atom is 0.216 e. The van der Waals surface area contributed by atoms with Gasteiger partial charge in [0.15, 0.2) is 5.82 Å². The largest absolute Gasteiger partial charge is 0.486 e. The summed E-state index contributed by atoms with van der Waals surface area (Å²) >= 11 is 5.27. The minimum Gasteiger partial charge on any atom is -0.486 e. The van der Waals surface area contributed by atoms with E-state index in [9.17, 15) is 4.39 Å². The molecule has 0 fully saturated rings. The molecule has 0 bridgehead atoms. The zero-order chi connectivity index (χ0) is 20.2. The molecule has 0 aliphatic rings. The number of aromatic amines is 2. The lowest BCUT2D eigenvalue weighted by atomic mass is 10.1. The van der Waals surface area contributed by atoms with Gasteiger partial charge in [-0.05, 0) is 55.5 Å². The lowest BCUT2D eigenvalue weighted by Crippen LogP contribution is -2.04. The summed E-state index contributed by atoms with van der Waals surface area (Å²) in [4.78, 5) is 0. The summed E-state index contributed by atoms with van der Waals surface area (Å²) in [6, 6.07) is 13.9. The fraction of sp³-hybridized carbons (Fsp3) is 0.100. The minimum absolute atomic E-state index is 0.198. The van der Waals surface area contributed by atoms with Crippen molar-refractivity contribution in [2.45, 2.75) is 13.5 Å². The SMILES string of the molecule is Cc1ccc(OCc2n[nH]c(=S)n2/N=C/c2cn[nH]c2-c2ccc(F)cc2)cc1. The van der Waals surface area contributed by atoms with Crippen molar-refractivity contribution in [2.24, 2.45) is 5.10 Å². The molecule has 0 radical (unpaired) electrons. The first-order valence-corrected chi connectivity index (χ1v) is 9.20. The molecule has 9 heteroatoms. The Labute approximate surface area is 170 Å². The summed E-state index contributed by atoms with van der Waals surface area (Å²) in [6.07, 6.45) is 3.25. The molecule has 0 spiro atoms. The molecule has 0 aliphatic carbocycles. The Kier molecular flexibility index (Phi) is 5.30. The van der Waals surface area contributed by atoms with Crippen LogP contribution in [-0.2, 0) is 6.61 Å². The molecular weight excluding hydrogens is 391 g/mol. The zero-order valence-electron chi connectivity index (χ0n) is 15.5. The lowest BCUT2D eigenvalue weighted by Gasteiger charge is -2.05. The molecule has 29 heavy (non-hydrogen) atoms. The Bertz CT molecular complexity index is 1190. The highest BCUT2D eigenvalue weighted by Crippen LogP contribution is 2.20. The van der Waals surface area contributed by atoms with Gasteiger partial charge in [-0.1, -0.05) is 17.7 Å². The molecule has 2 aromatic heterocycles. The average Bonchev–Trinajstić information content (AvgIpc) is 3.33. The Morgan fingerprint density at radius 1 is 1.14 bits per heavy atom. The number of aryl methyl sites for hydroxylation is 1. The maximum atomic E-state index is 13.2. The first kappa shape index (κ1) is 18.8. The second-order valence-corrected chi connectivity index (χ2v) is 6.70. The van der Waals surface area contributed by atoms with Crippen LogP contribution in [0, 0.1) is 17.5 Å². The molecule has 7 nitrogen and oxygen atoms in total. The van der Waals surface area contributed by atoms with Crippen molar-refractivity contribution in [3.05, 3.63) is 82.3 Å². The van der Waals surface area contributed by atoms with Gasteiger partial charge in [-0.15, -0.1) is 0 Å². The van der Waals surface area contributed by atoms with Crippen molar-refractivity contribution in [3.8, 4) is 17.0 Å². The summed E-state index contributed by atoms with van der Waals surface area (Å²) in [7, 11) is 0. The van der Waals surface area contributed by atoms with Crippen molar-refractivity contribution < 1.29 is 9.13 Å². The normalized spacial score (nSPS) is 11.2. The van der Waals surface area contributed by atoms with Gasteiger partial charge in [0.2, 0.25) is 4.77 Å². The number of nitrogens with zero attached hydrogens (tertiary/aromatic N) is 4. The molecule has 2 N–H and O–H groups in total. The maximum absolute atomic E-state index is 13.2. The van der Waals surface area contributed by atoms with Crippen LogP contribution in [0.1, 0.15) is 17.0 Å². The number of aromatic nitrogens is 5. The molecule has 0 unspecified atom stereocenters. The fourth-order valence-electron chi connectivity index (χ4n) is 2.68. The molecule has 2 aromatic carbocycles. The highest BCUT2D eigenvalue weighted by atomic mass is 32.1. The number of hydrogen-bond donors (Lipinski definition) is 2. The Hall–Kier alpha value is -3.59. The van der Waals surface area contributed by atoms with Gasteiger partial charge < -0.3 is 4.74 Å². The van der Waals surface area contributed by atoms with Gasteiger partial charge in [0.1, 0.15) is 18.2 Å². The average molecular weight is 408 g/mol. The van der Waals surface area contributed by atoms with Crippen LogP contribution in [0.2, 0.25) is 0 Å². The third-order valence-electron chi connectivity index (χ3n) is 4.22. The van der Waals surface area contributed by atoms with Gasteiger partial charge in [0.25, 0.3) is 0 Å². The van der Waals surface area contributed by atoms with Crippen LogP contribution >= 0.6 is 12.2 Å². The lowest BCUT2D eigenvalue weighted by molar-refractivity contribution is 0.290. The number of ether oxygens (including phenoxy) is 1. The molecule has 0 amide bonds. The highest BCUT2D eigenvalue weighted by molar-refractivity contribution is 7.71. The number of hydrogen-bond acceptors (Lipinski definition) is 5. The van der Waals surface area contributed by atoms with E-state index in [1.165, 1.54) is 16.8 Å². The summed E-state index contributed by atoms with van der Waals surface area (Å²) in [6.45, 7) is 2.21. The molecule has 4 rings (SSSR count). The third kappa shape index (κ3) is 4.30. The summed E-state index contributed by atoms with van der Waals surface area (Å²) in [5.41, 5.74) is 3.40. The van der Waals surface area contributed by atoms with Gasteiger partial charge in [0, 0.05) is 11.1 Å². The quantitative estimate of drug-likeness (QED) is 0.369. The van der Waals surface area contributed by atoms with E-state index in [1.54, 1.807) is 24.5 Å². The van der Waals surface area contributed by atoms with Crippen molar-refractivity contribution in [3.63, 3.8) is 0 Å². The number of benzene rings is 2. The van der Waals surface area contributed by atoms with Crippen molar-refractivity contribution in [2.75, 3.05) is 0 Å². The minimum atomic E-state index is -0.300. The predicted octanol–water partition coefficient (Wildman–Crippen LogP) is 4.24. The standard InChI is InChI=1S/C20H17FN6OS/c1-13-2-8-17(9-3-13)28-12-18-24-26-20(29)27(18)23-11-15-10-22-25-19(15)14-4-6-16(21)7-5-14/h2-11H,12H2,1H3,(H,22,25)(H,26,29)/b23-11+. The van der Waals surface area contributed by atoms with Crippen LogP contribution in [0.25, 0.3) is 11.3 Å². The smallest absolute Gasteiger partial charge is 0.216 e. The van der Waals surface area contributed by atoms with E-state index in [4.69, 9.17) is 17.0 Å².